The largest absolute Gasteiger partial charge is 0.462 e. The van der Waals surface area contributed by atoms with Gasteiger partial charge in [0.05, 0.1) is 12.2 Å². The maximum atomic E-state index is 12.9. The Morgan fingerprint density at radius 1 is 1.47 bits per heavy atom. The van der Waals surface area contributed by atoms with E-state index in [0.717, 1.165) is 12.1 Å². The summed E-state index contributed by atoms with van der Waals surface area (Å²) in [4.78, 5) is 11.5. The van der Waals surface area contributed by atoms with Gasteiger partial charge < -0.3 is 9.47 Å². The van der Waals surface area contributed by atoms with E-state index in [4.69, 9.17) is 4.74 Å². The third kappa shape index (κ3) is 4.63. The Labute approximate surface area is 113 Å². The molecule has 1 unspecified atom stereocenters. The smallest absolute Gasteiger partial charge is 0.444 e. The number of alkyl halides is 4. The molecule has 0 amide bonds. The average molecular weight is 297 g/mol. The second-order valence-corrected chi connectivity index (χ2v) is 4.01. The lowest BCUT2D eigenvalue weighted by Crippen LogP contribution is -2.32. The Bertz CT molecular complexity index is 438. The van der Waals surface area contributed by atoms with Gasteiger partial charge in [0.25, 0.3) is 5.63 Å². The summed E-state index contributed by atoms with van der Waals surface area (Å²) in [6, 6.07) is 4.88. The summed E-state index contributed by atoms with van der Waals surface area (Å²) in [5.41, 5.74) is -2.95. The zero-order valence-corrected chi connectivity index (χ0v) is 10.8. The topological polar surface area (TPSA) is 35.5 Å². The highest BCUT2D eigenvalue weighted by atomic mass is 35.5. The van der Waals surface area contributed by atoms with Crippen molar-refractivity contribution in [3.63, 3.8) is 0 Å². The molecule has 0 heterocycles. The van der Waals surface area contributed by atoms with Crippen LogP contribution in [0.25, 0.3) is 0 Å². The molecule has 7 heteroatoms. The lowest BCUT2D eigenvalue weighted by molar-refractivity contribution is -0.199. The van der Waals surface area contributed by atoms with E-state index in [9.17, 15) is 18.0 Å². The molecule has 3 nitrogen and oxygen atoms in total. The summed E-state index contributed by atoms with van der Waals surface area (Å²) in [5, 5.41) is 0. The van der Waals surface area contributed by atoms with Crippen molar-refractivity contribution in [1.82, 2.24) is 0 Å². The Hall–Kier alpha value is -1.43. The van der Waals surface area contributed by atoms with Crippen LogP contribution >= 0.6 is 11.6 Å². The number of carbonyl (C=O) groups is 1. The summed E-state index contributed by atoms with van der Waals surface area (Å²) in [6.07, 6.45) is -3.54. The number of esters is 1. The van der Waals surface area contributed by atoms with Gasteiger partial charge >= 0.3 is 12.1 Å². The predicted molar refractivity (Wildman–Crippen MR) is 63.3 cm³/mol. The van der Waals surface area contributed by atoms with Gasteiger partial charge in [-0.15, -0.1) is 0 Å². The Morgan fingerprint density at radius 3 is 2.74 bits per heavy atom. The molecule has 0 aliphatic rings. The van der Waals surface area contributed by atoms with Crippen molar-refractivity contribution in [3.05, 3.63) is 29.8 Å². The number of carbonyl (C=O) groups excluding carboxylic acids is 1. The molecule has 0 saturated heterocycles. The predicted octanol–water partition coefficient (Wildman–Crippen LogP) is 3.76. The molecule has 0 radical (unpaired) electrons. The van der Waals surface area contributed by atoms with Crippen LogP contribution in [0.3, 0.4) is 0 Å². The first-order valence-electron chi connectivity index (χ1n) is 5.49. The van der Waals surface area contributed by atoms with E-state index in [1.54, 1.807) is 0 Å². The molecular weight excluding hydrogens is 285 g/mol. The lowest BCUT2D eigenvalue weighted by atomic mass is 10.2. The van der Waals surface area contributed by atoms with Gasteiger partial charge in [-0.05, 0) is 24.6 Å². The van der Waals surface area contributed by atoms with Crippen molar-refractivity contribution < 1.29 is 27.4 Å². The van der Waals surface area contributed by atoms with Crippen LogP contribution in [-0.4, -0.2) is 24.3 Å². The van der Waals surface area contributed by atoms with Crippen LogP contribution < -0.4 is 4.74 Å². The van der Waals surface area contributed by atoms with Gasteiger partial charge in [0.2, 0.25) is 0 Å². The van der Waals surface area contributed by atoms with Crippen molar-refractivity contribution in [2.75, 3.05) is 6.61 Å². The van der Waals surface area contributed by atoms with Crippen LogP contribution in [0.2, 0.25) is 0 Å². The molecule has 1 rings (SSSR count). The Morgan fingerprint density at radius 2 is 2.16 bits per heavy atom. The molecular formula is C12H12ClF3O3. The highest BCUT2D eigenvalue weighted by molar-refractivity contribution is 6.20. The van der Waals surface area contributed by atoms with Crippen LogP contribution in [0.1, 0.15) is 23.7 Å². The molecule has 0 aliphatic carbocycles. The molecule has 1 atom stereocenters. The summed E-state index contributed by atoms with van der Waals surface area (Å²) in [6.45, 7) is 2.03. The highest BCUT2D eigenvalue weighted by Crippen LogP contribution is 2.29. The zero-order chi connectivity index (χ0) is 14.5. The van der Waals surface area contributed by atoms with Gasteiger partial charge in [-0.1, -0.05) is 24.6 Å². The van der Waals surface area contributed by atoms with Crippen LogP contribution in [0.4, 0.5) is 13.2 Å². The van der Waals surface area contributed by atoms with Crippen molar-refractivity contribution in [3.8, 4) is 5.75 Å². The standard InChI is InChI=1S/C12H12ClF3O3/c1-2-6-18-10(17)8-4-3-5-9(7-8)19-12(15,16)11(13)14/h3-5,7,11H,2,6H2,1H3. The second-order valence-electron chi connectivity index (χ2n) is 3.63. The van der Waals surface area contributed by atoms with E-state index < -0.39 is 17.7 Å². The monoisotopic (exact) mass is 296 g/mol. The summed E-state index contributed by atoms with van der Waals surface area (Å²) in [5.74, 6) is -1.04. The molecule has 0 spiro atoms. The fraction of sp³-hybridized carbons (Fsp3) is 0.417. The van der Waals surface area contributed by atoms with E-state index in [0.29, 0.717) is 6.42 Å². The van der Waals surface area contributed by atoms with E-state index in [1.807, 2.05) is 6.92 Å². The van der Waals surface area contributed by atoms with Crippen molar-refractivity contribution >= 4 is 17.6 Å². The normalized spacial score (nSPS) is 12.9. The minimum Gasteiger partial charge on any atom is -0.462 e. The van der Waals surface area contributed by atoms with Gasteiger partial charge in [-0.2, -0.15) is 8.78 Å². The van der Waals surface area contributed by atoms with E-state index in [-0.39, 0.29) is 17.9 Å². The Kier molecular flexibility index (Phi) is 5.47. The number of rotatable bonds is 6. The van der Waals surface area contributed by atoms with Crippen LogP contribution in [-0.2, 0) is 4.74 Å². The third-order valence-electron chi connectivity index (χ3n) is 2.01. The lowest BCUT2D eigenvalue weighted by Gasteiger charge is -2.17. The highest BCUT2D eigenvalue weighted by Gasteiger charge is 2.42. The van der Waals surface area contributed by atoms with Gasteiger partial charge in [-0.3, -0.25) is 0 Å². The van der Waals surface area contributed by atoms with E-state index >= 15 is 0 Å². The molecule has 0 aliphatic heterocycles. The number of benzene rings is 1. The SMILES string of the molecule is CCCOC(=O)c1cccc(OC(F)(F)C(F)Cl)c1. The molecule has 1 aromatic rings. The first kappa shape index (κ1) is 15.6. The van der Waals surface area contributed by atoms with Crippen molar-refractivity contribution in [2.24, 2.45) is 0 Å². The number of ether oxygens (including phenoxy) is 2. The van der Waals surface area contributed by atoms with E-state index in [2.05, 4.69) is 16.3 Å². The maximum Gasteiger partial charge on any atom is 0.444 e. The number of halogens is 4. The minimum atomic E-state index is -4.17. The van der Waals surface area contributed by atoms with Gasteiger partial charge in [-0.25, -0.2) is 9.18 Å². The summed E-state index contributed by atoms with van der Waals surface area (Å²) < 4.78 is 47.2. The van der Waals surface area contributed by atoms with Gasteiger partial charge in [0, 0.05) is 0 Å². The first-order valence-corrected chi connectivity index (χ1v) is 5.92. The minimum absolute atomic E-state index is 0.0340. The molecule has 106 valence electrons. The zero-order valence-electron chi connectivity index (χ0n) is 10.0. The number of hydrogen-bond acceptors (Lipinski definition) is 3. The molecule has 1 aromatic carbocycles. The molecule has 0 bridgehead atoms. The van der Waals surface area contributed by atoms with E-state index in [1.165, 1.54) is 12.1 Å². The fourth-order valence-electron chi connectivity index (χ4n) is 1.17. The van der Waals surface area contributed by atoms with Crippen LogP contribution in [0.5, 0.6) is 5.75 Å². The number of hydrogen-bond donors (Lipinski definition) is 0. The first-order chi connectivity index (χ1) is 8.86. The quantitative estimate of drug-likeness (QED) is 0.592. The second kappa shape index (κ2) is 6.65. The fourth-order valence-corrected chi connectivity index (χ4v) is 1.21. The molecule has 19 heavy (non-hydrogen) atoms. The van der Waals surface area contributed by atoms with Gasteiger partial charge in [0.1, 0.15) is 5.75 Å². The third-order valence-corrected chi connectivity index (χ3v) is 2.27. The van der Waals surface area contributed by atoms with Crippen LogP contribution in [0, 0.1) is 0 Å². The summed E-state index contributed by atoms with van der Waals surface area (Å²) >= 11 is 4.66. The van der Waals surface area contributed by atoms with Crippen LogP contribution in [0.15, 0.2) is 24.3 Å². The summed E-state index contributed by atoms with van der Waals surface area (Å²) in [7, 11) is 0. The maximum absolute atomic E-state index is 12.9. The average Bonchev–Trinajstić information content (AvgIpc) is 2.35. The molecule has 0 N–H and O–H groups in total. The van der Waals surface area contributed by atoms with Crippen molar-refractivity contribution in [2.45, 2.75) is 25.1 Å². The molecule has 0 saturated carbocycles. The van der Waals surface area contributed by atoms with Crippen molar-refractivity contribution in [1.29, 1.82) is 0 Å². The van der Waals surface area contributed by atoms with Gasteiger partial charge in [0.15, 0.2) is 0 Å². The molecule has 0 aromatic heterocycles. The Balaban J connectivity index is 2.80. The molecule has 0 fully saturated rings.